The molecule has 2 aliphatic rings. The summed E-state index contributed by atoms with van der Waals surface area (Å²) in [6.07, 6.45) is -14.8. The van der Waals surface area contributed by atoms with Crippen molar-refractivity contribution in [2.75, 3.05) is 13.2 Å². The molecule has 0 saturated carbocycles. The zero-order valence-corrected chi connectivity index (χ0v) is 27.9. The number of benzene rings is 3. The van der Waals surface area contributed by atoms with Crippen LogP contribution < -0.4 is 14.9 Å². The van der Waals surface area contributed by atoms with E-state index in [2.05, 4.69) is 0 Å². The van der Waals surface area contributed by atoms with Crippen LogP contribution in [-0.2, 0) is 19.0 Å². The van der Waals surface area contributed by atoms with Gasteiger partial charge in [-0.05, 0) is 48.0 Å². The van der Waals surface area contributed by atoms with Gasteiger partial charge in [0.1, 0.15) is 89.4 Å². The Morgan fingerprint density at radius 1 is 0.722 bits per heavy atom. The first-order chi connectivity index (χ1) is 25.7. The number of hydrogen-bond acceptors (Lipinski definition) is 18. The molecule has 2 fully saturated rings. The predicted molar refractivity (Wildman–Crippen MR) is 181 cm³/mol. The molecule has 6 unspecified atom stereocenters. The molecule has 3 aromatic carbocycles. The van der Waals surface area contributed by atoms with E-state index in [-0.39, 0.29) is 34.2 Å². The average molecular weight is 757 g/mol. The van der Waals surface area contributed by atoms with Gasteiger partial charge < -0.3 is 79.2 Å². The Balaban J connectivity index is 1.29. The number of phenolic OH excluding ortho intramolecular Hbond substituents is 3. The summed E-state index contributed by atoms with van der Waals surface area (Å²) in [5.41, 5.74) is -0.665. The number of fused-ring (bicyclic) bond motifs is 1. The molecule has 0 amide bonds. The minimum Gasteiger partial charge on any atom is -0.508 e. The van der Waals surface area contributed by atoms with Gasteiger partial charge in [-0.3, -0.25) is 4.79 Å². The van der Waals surface area contributed by atoms with E-state index in [1.165, 1.54) is 42.5 Å². The number of phenols is 3. The fraction of sp³-hybridized carbons (Fsp3) is 0.333. The van der Waals surface area contributed by atoms with Crippen molar-refractivity contribution in [2.24, 2.45) is 0 Å². The van der Waals surface area contributed by atoms with Gasteiger partial charge in [0.05, 0.1) is 6.61 Å². The second-order valence-corrected chi connectivity index (χ2v) is 12.5. The lowest BCUT2D eigenvalue weighted by molar-refractivity contribution is -0.278. The number of ether oxygens (including phenoxy) is 5. The molecule has 18 heteroatoms. The van der Waals surface area contributed by atoms with E-state index in [1.807, 2.05) is 0 Å². The molecule has 0 spiro atoms. The van der Waals surface area contributed by atoms with Crippen molar-refractivity contribution in [3.8, 4) is 40.1 Å². The van der Waals surface area contributed by atoms with Gasteiger partial charge in [-0.2, -0.15) is 0 Å². The van der Waals surface area contributed by atoms with E-state index < -0.39 is 103 Å². The molecule has 10 N–H and O–H groups in total. The molecule has 54 heavy (non-hydrogen) atoms. The third kappa shape index (κ3) is 7.97. The number of carbonyl (C=O) groups is 1. The third-order valence-electron chi connectivity index (χ3n) is 8.73. The molecule has 0 aliphatic carbocycles. The molecule has 18 nitrogen and oxygen atoms in total. The molecule has 3 heterocycles. The van der Waals surface area contributed by atoms with Gasteiger partial charge in [0.25, 0.3) is 0 Å². The largest absolute Gasteiger partial charge is 0.508 e. The smallest absolute Gasteiger partial charge is 0.330 e. The molecule has 2 saturated heterocycles. The summed E-state index contributed by atoms with van der Waals surface area (Å²) in [6.45, 7) is -1.37. The Kier molecular flexibility index (Phi) is 11.4. The summed E-state index contributed by atoms with van der Waals surface area (Å²) < 4.78 is 33.6. The Hall–Kier alpha value is -5.28. The van der Waals surface area contributed by atoms with E-state index in [4.69, 9.17) is 28.1 Å². The lowest BCUT2D eigenvalue weighted by Crippen LogP contribution is -2.60. The van der Waals surface area contributed by atoms with Crippen molar-refractivity contribution in [3.63, 3.8) is 0 Å². The lowest BCUT2D eigenvalue weighted by atomic mass is 9.99. The maximum atomic E-state index is 14.0. The minimum absolute atomic E-state index is 0.0259. The molecule has 2 aliphatic heterocycles. The summed E-state index contributed by atoms with van der Waals surface area (Å²) in [5.74, 6) is -2.99. The van der Waals surface area contributed by atoms with Crippen LogP contribution in [0.5, 0.6) is 28.7 Å². The van der Waals surface area contributed by atoms with E-state index in [9.17, 15) is 60.7 Å². The molecule has 10 atom stereocenters. The Morgan fingerprint density at radius 3 is 1.93 bits per heavy atom. The Morgan fingerprint density at radius 2 is 1.30 bits per heavy atom. The average Bonchev–Trinajstić information content (AvgIpc) is 3.15. The normalized spacial score (nSPS) is 28.6. The van der Waals surface area contributed by atoms with E-state index in [0.717, 1.165) is 18.2 Å². The number of aliphatic hydroxyl groups is 7. The van der Waals surface area contributed by atoms with Crippen LogP contribution in [0.4, 0.5) is 0 Å². The first-order valence-corrected chi connectivity index (χ1v) is 16.4. The van der Waals surface area contributed by atoms with Gasteiger partial charge in [-0.15, -0.1) is 0 Å². The molecule has 0 bridgehead atoms. The number of esters is 1. The summed E-state index contributed by atoms with van der Waals surface area (Å²) >= 11 is 0. The Bertz CT molecular complexity index is 2030. The van der Waals surface area contributed by atoms with Crippen molar-refractivity contribution < 1.29 is 84.0 Å². The maximum Gasteiger partial charge on any atom is 0.330 e. The van der Waals surface area contributed by atoms with Gasteiger partial charge in [0, 0.05) is 23.8 Å². The zero-order chi connectivity index (χ0) is 38.8. The molecule has 0 radical (unpaired) electrons. The molecular weight excluding hydrogens is 720 g/mol. The first kappa shape index (κ1) is 38.4. The highest BCUT2D eigenvalue weighted by molar-refractivity contribution is 5.88. The predicted octanol–water partition coefficient (Wildman–Crippen LogP) is -0.802. The van der Waals surface area contributed by atoms with Crippen LogP contribution >= 0.6 is 0 Å². The molecule has 4 aromatic rings. The standard InChI is InChI=1S/C36H36O18/c37-13-22-26(42)29(45)31(47)35(52-22)50-19-11-20(40)25-21(12-19)51-33(16-4-8-18(39)9-5-16)34(28(25)44)54-36-32(48)30(46)27(43)23(53-36)14-49-24(41)10-3-15-1-6-17(38)7-2-15/h1-12,22-23,26-27,29-32,35-40,42-43,45-48H,13-14H2/b10-3+/t22?,23?,26-,27-,29?,30?,31?,32?,35-,36+/m1/s1. The van der Waals surface area contributed by atoms with Crippen LogP contribution in [0.1, 0.15) is 5.56 Å². The second kappa shape index (κ2) is 16.0. The van der Waals surface area contributed by atoms with E-state index in [1.54, 1.807) is 12.1 Å². The molecular formula is C36H36O18. The first-order valence-electron chi connectivity index (χ1n) is 16.4. The van der Waals surface area contributed by atoms with Crippen LogP contribution in [0.25, 0.3) is 28.4 Å². The van der Waals surface area contributed by atoms with Crippen LogP contribution in [0, 0.1) is 0 Å². The van der Waals surface area contributed by atoms with Crippen molar-refractivity contribution in [1.29, 1.82) is 0 Å². The van der Waals surface area contributed by atoms with Crippen molar-refractivity contribution in [3.05, 3.63) is 82.5 Å². The zero-order valence-electron chi connectivity index (χ0n) is 27.9. The number of aliphatic hydroxyl groups excluding tert-OH is 7. The van der Waals surface area contributed by atoms with Crippen LogP contribution in [0.3, 0.4) is 0 Å². The SMILES string of the molecule is O=C(/C=C/c1ccc(O)cc1)OCC1O[C@@H](Oc2c(-c3ccc(O)cc3)oc3cc(O[C@@H]4OC(CO)[C@@H](O)C(O)C4O)cc(O)c3c2=O)C(O)C(O)[C@@H]1O. The number of rotatable bonds is 10. The number of carbonyl (C=O) groups excluding carboxylic acids is 1. The summed E-state index contributed by atoms with van der Waals surface area (Å²) in [5, 5.41) is 102. The highest BCUT2D eigenvalue weighted by Crippen LogP contribution is 2.38. The van der Waals surface area contributed by atoms with Gasteiger partial charge in [0.2, 0.25) is 23.8 Å². The van der Waals surface area contributed by atoms with Crippen LogP contribution in [0.2, 0.25) is 0 Å². The quantitative estimate of drug-likeness (QED) is 0.0700. The summed E-state index contributed by atoms with van der Waals surface area (Å²) in [4.78, 5) is 26.4. The monoisotopic (exact) mass is 756 g/mol. The third-order valence-corrected chi connectivity index (χ3v) is 8.73. The molecule has 288 valence electrons. The van der Waals surface area contributed by atoms with Gasteiger partial charge in [-0.25, -0.2) is 4.79 Å². The fourth-order valence-electron chi connectivity index (χ4n) is 5.76. The van der Waals surface area contributed by atoms with E-state index in [0.29, 0.717) is 5.56 Å². The number of hydrogen-bond donors (Lipinski definition) is 10. The highest BCUT2D eigenvalue weighted by Gasteiger charge is 2.47. The van der Waals surface area contributed by atoms with Crippen molar-refractivity contribution in [2.45, 2.75) is 61.4 Å². The van der Waals surface area contributed by atoms with Crippen LogP contribution in [0.15, 0.2) is 76.0 Å². The van der Waals surface area contributed by atoms with Gasteiger partial charge >= 0.3 is 5.97 Å². The fourth-order valence-corrected chi connectivity index (χ4v) is 5.76. The summed E-state index contributed by atoms with van der Waals surface area (Å²) in [6, 6.07) is 13.2. The minimum atomic E-state index is -1.98. The van der Waals surface area contributed by atoms with Crippen molar-refractivity contribution >= 4 is 23.0 Å². The van der Waals surface area contributed by atoms with Crippen LogP contribution in [-0.4, -0.2) is 132 Å². The Labute approximate surface area is 304 Å². The molecule has 6 rings (SSSR count). The lowest BCUT2D eigenvalue weighted by Gasteiger charge is -2.39. The number of aromatic hydroxyl groups is 3. The van der Waals surface area contributed by atoms with Gasteiger partial charge in [-0.1, -0.05) is 12.1 Å². The second-order valence-electron chi connectivity index (χ2n) is 12.5. The van der Waals surface area contributed by atoms with Crippen molar-refractivity contribution in [1.82, 2.24) is 0 Å². The van der Waals surface area contributed by atoms with Gasteiger partial charge in [0.15, 0.2) is 5.76 Å². The maximum absolute atomic E-state index is 14.0. The highest BCUT2D eigenvalue weighted by atomic mass is 16.7. The molecule has 1 aromatic heterocycles. The summed E-state index contributed by atoms with van der Waals surface area (Å²) in [7, 11) is 0. The van der Waals surface area contributed by atoms with E-state index >= 15 is 0 Å². The topological polar surface area (TPSA) is 296 Å².